The molecule has 0 spiro atoms. The smallest absolute Gasteiger partial charge is 0.244 e. The van der Waals surface area contributed by atoms with Gasteiger partial charge in [0.1, 0.15) is 0 Å². The van der Waals surface area contributed by atoms with E-state index in [1.165, 1.54) is 16.9 Å². The molecule has 0 saturated heterocycles. The molecule has 0 saturated carbocycles. The fourth-order valence-electron chi connectivity index (χ4n) is 3.88. The Morgan fingerprint density at radius 2 is 2.14 bits per heavy atom. The molecular formula is C18H19NOS. The van der Waals surface area contributed by atoms with E-state index in [2.05, 4.69) is 36.4 Å². The fraction of sp³-hybridized carbons (Fsp3) is 0.389. The maximum atomic E-state index is 11.4. The first kappa shape index (κ1) is 13.2. The summed E-state index contributed by atoms with van der Waals surface area (Å²) in [6, 6.07) is 8.74. The largest absolute Gasteiger partial charge is 0.366 e. The van der Waals surface area contributed by atoms with Crippen molar-refractivity contribution in [3.8, 4) is 0 Å². The van der Waals surface area contributed by atoms with Crippen molar-refractivity contribution in [2.24, 2.45) is 17.6 Å². The van der Waals surface area contributed by atoms with Crippen molar-refractivity contribution in [1.29, 1.82) is 0 Å². The first-order chi connectivity index (χ1) is 10.2. The molecule has 0 bridgehead atoms. The molecule has 0 aromatic heterocycles. The maximum absolute atomic E-state index is 11.4. The lowest BCUT2D eigenvalue weighted by Gasteiger charge is -2.39. The van der Waals surface area contributed by atoms with E-state index in [1.807, 2.05) is 11.8 Å². The molecule has 2 N–H and O–H groups in total. The molecule has 3 unspecified atom stereocenters. The van der Waals surface area contributed by atoms with E-state index in [-0.39, 0.29) is 5.91 Å². The van der Waals surface area contributed by atoms with E-state index < -0.39 is 0 Å². The van der Waals surface area contributed by atoms with Gasteiger partial charge in [0, 0.05) is 15.7 Å². The van der Waals surface area contributed by atoms with Crippen LogP contribution < -0.4 is 5.73 Å². The Balaban J connectivity index is 1.62. The Morgan fingerprint density at radius 3 is 3.00 bits per heavy atom. The first-order valence-corrected chi connectivity index (χ1v) is 8.52. The number of carbonyl (C=O) groups is 1. The second-order valence-electron chi connectivity index (χ2n) is 6.33. The number of allylic oxidation sites excluding steroid dienone is 2. The number of nitrogens with two attached hydrogens (primary N) is 1. The second-order valence-corrected chi connectivity index (χ2v) is 7.57. The minimum Gasteiger partial charge on any atom is -0.366 e. The lowest BCUT2D eigenvalue weighted by Crippen LogP contribution is -2.32. The Kier molecular flexibility index (Phi) is 3.18. The number of benzene rings is 1. The zero-order valence-corrected chi connectivity index (χ0v) is 12.7. The van der Waals surface area contributed by atoms with Crippen LogP contribution in [-0.2, 0) is 11.2 Å². The van der Waals surface area contributed by atoms with Gasteiger partial charge in [-0.3, -0.25) is 4.79 Å². The molecule has 3 aliphatic rings. The highest BCUT2D eigenvalue weighted by atomic mass is 32.2. The van der Waals surface area contributed by atoms with Gasteiger partial charge in [0.25, 0.3) is 0 Å². The molecule has 1 amide bonds. The number of hydrogen-bond acceptors (Lipinski definition) is 2. The highest BCUT2D eigenvalue weighted by Crippen LogP contribution is 2.48. The van der Waals surface area contributed by atoms with E-state index in [4.69, 9.17) is 5.73 Å². The molecule has 108 valence electrons. The summed E-state index contributed by atoms with van der Waals surface area (Å²) in [4.78, 5) is 12.9. The standard InChI is InChI=1S/C18H19NOS/c19-18(20)13-6-5-11-10-17-15(9-14(11)8-13)7-12-3-1-2-4-16(12)21-17/h1-4,6,9,11,14,17H,5,7-8,10H2,(H2,19,20). The van der Waals surface area contributed by atoms with Crippen molar-refractivity contribution in [3.05, 3.63) is 53.1 Å². The zero-order valence-electron chi connectivity index (χ0n) is 11.9. The van der Waals surface area contributed by atoms with Crippen LogP contribution >= 0.6 is 11.8 Å². The third-order valence-electron chi connectivity index (χ3n) is 5.04. The third kappa shape index (κ3) is 2.34. The van der Waals surface area contributed by atoms with Crippen LogP contribution in [0, 0.1) is 11.8 Å². The van der Waals surface area contributed by atoms with Crippen molar-refractivity contribution >= 4 is 17.7 Å². The van der Waals surface area contributed by atoms with Crippen LogP contribution in [0.2, 0.25) is 0 Å². The van der Waals surface area contributed by atoms with Gasteiger partial charge in [-0.25, -0.2) is 0 Å². The van der Waals surface area contributed by atoms with Crippen molar-refractivity contribution in [1.82, 2.24) is 0 Å². The fourth-order valence-corrected chi connectivity index (χ4v) is 5.29. The van der Waals surface area contributed by atoms with E-state index in [0.717, 1.165) is 24.8 Å². The summed E-state index contributed by atoms with van der Waals surface area (Å²) in [6.07, 6.45) is 8.68. The normalized spacial score (nSPS) is 30.4. The average Bonchev–Trinajstić information content (AvgIpc) is 2.50. The molecule has 1 aliphatic heterocycles. The van der Waals surface area contributed by atoms with Gasteiger partial charge in [0.05, 0.1) is 0 Å². The molecule has 3 heteroatoms. The quantitative estimate of drug-likeness (QED) is 0.807. The lowest BCUT2D eigenvalue weighted by atomic mass is 9.71. The molecule has 3 atom stereocenters. The van der Waals surface area contributed by atoms with Crippen LogP contribution in [0.25, 0.3) is 0 Å². The van der Waals surface area contributed by atoms with Crippen LogP contribution in [0.3, 0.4) is 0 Å². The zero-order chi connectivity index (χ0) is 14.4. The summed E-state index contributed by atoms with van der Waals surface area (Å²) in [5, 5.41) is 0.629. The SMILES string of the molecule is NC(=O)C1=CCC2CC3Sc4ccccc4CC3=CC2C1. The van der Waals surface area contributed by atoms with Gasteiger partial charge in [-0.2, -0.15) is 0 Å². The molecule has 2 nitrogen and oxygen atoms in total. The van der Waals surface area contributed by atoms with E-state index in [0.29, 0.717) is 17.1 Å². The van der Waals surface area contributed by atoms with Gasteiger partial charge in [0.2, 0.25) is 5.91 Å². The molecular weight excluding hydrogens is 278 g/mol. The topological polar surface area (TPSA) is 43.1 Å². The number of primary amides is 1. The predicted molar refractivity (Wildman–Crippen MR) is 86.0 cm³/mol. The van der Waals surface area contributed by atoms with E-state index in [9.17, 15) is 4.79 Å². The van der Waals surface area contributed by atoms with E-state index >= 15 is 0 Å². The minimum atomic E-state index is -0.239. The number of carbonyl (C=O) groups excluding carboxylic acids is 1. The van der Waals surface area contributed by atoms with Gasteiger partial charge < -0.3 is 5.73 Å². The van der Waals surface area contributed by atoms with Crippen LogP contribution in [-0.4, -0.2) is 11.2 Å². The first-order valence-electron chi connectivity index (χ1n) is 7.64. The molecule has 1 heterocycles. The van der Waals surface area contributed by atoms with E-state index in [1.54, 1.807) is 5.57 Å². The highest BCUT2D eigenvalue weighted by molar-refractivity contribution is 8.00. The highest BCUT2D eigenvalue weighted by Gasteiger charge is 2.36. The van der Waals surface area contributed by atoms with Crippen LogP contribution in [0.5, 0.6) is 0 Å². The van der Waals surface area contributed by atoms with Crippen molar-refractivity contribution in [2.45, 2.75) is 35.8 Å². The Labute approximate surface area is 129 Å². The van der Waals surface area contributed by atoms with Crippen LogP contribution in [0.1, 0.15) is 24.8 Å². The van der Waals surface area contributed by atoms with Gasteiger partial charge >= 0.3 is 0 Å². The summed E-state index contributed by atoms with van der Waals surface area (Å²) in [5.74, 6) is 0.951. The third-order valence-corrected chi connectivity index (χ3v) is 6.47. The van der Waals surface area contributed by atoms with Crippen molar-refractivity contribution in [3.63, 3.8) is 0 Å². The number of hydrogen-bond donors (Lipinski definition) is 1. The van der Waals surface area contributed by atoms with Gasteiger partial charge in [-0.15, -0.1) is 11.8 Å². The predicted octanol–water partition coefficient (Wildman–Crippen LogP) is 3.47. The molecule has 0 radical (unpaired) electrons. The van der Waals surface area contributed by atoms with Crippen LogP contribution in [0.15, 0.2) is 52.5 Å². The van der Waals surface area contributed by atoms with Crippen LogP contribution in [0.4, 0.5) is 0 Å². The maximum Gasteiger partial charge on any atom is 0.244 e. The molecule has 0 fully saturated rings. The molecule has 1 aromatic carbocycles. The minimum absolute atomic E-state index is 0.239. The summed E-state index contributed by atoms with van der Waals surface area (Å²) in [5.41, 5.74) is 9.29. The van der Waals surface area contributed by atoms with Crippen molar-refractivity contribution in [2.75, 3.05) is 0 Å². The summed E-state index contributed by atoms with van der Waals surface area (Å²) in [7, 11) is 0. The van der Waals surface area contributed by atoms with Gasteiger partial charge in [-0.05, 0) is 49.1 Å². The molecule has 1 aromatic rings. The van der Waals surface area contributed by atoms with Gasteiger partial charge in [-0.1, -0.05) is 35.9 Å². The molecule has 21 heavy (non-hydrogen) atoms. The summed E-state index contributed by atoms with van der Waals surface area (Å²) >= 11 is 2.02. The number of thioether (sulfide) groups is 1. The molecule has 2 aliphatic carbocycles. The number of amides is 1. The Bertz CT molecular complexity index is 661. The molecule has 4 rings (SSSR count). The number of fused-ring (bicyclic) bond motifs is 3. The van der Waals surface area contributed by atoms with Crippen molar-refractivity contribution < 1.29 is 4.79 Å². The number of rotatable bonds is 1. The Hall–Kier alpha value is -1.48. The monoisotopic (exact) mass is 297 g/mol. The average molecular weight is 297 g/mol. The second kappa shape index (κ2) is 5.06. The lowest BCUT2D eigenvalue weighted by molar-refractivity contribution is -0.114. The summed E-state index contributed by atoms with van der Waals surface area (Å²) < 4.78 is 0. The van der Waals surface area contributed by atoms with Gasteiger partial charge in [0.15, 0.2) is 0 Å². The summed E-state index contributed by atoms with van der Waals surface area (Å²) in [6.45, 7) is 0. The Morgan fingerprint density at radius 1 is 1.29 bits per heavy atom.